The quantitative estimate of drug-likeness (QED) is 0.675. The molecule has 0 spiro atoms. The molecule has 0 fully saturated rings. The van der Waals surface area contributed by atoms with E-state index in [4.69, 9.17) is 34.8 Å². The van der Waals surface area contributed by atoms with Crippen molar-refractivity contribution < 1.29 is 0 Å². The minimum atomic E-state index is 0.420. The molecule has 0 radical (unpaired) electrons. The maximum Gasteiger partial charge on any atom is 0.129 e. The van der Waals surface area contributed by atoms with Gasteiger partial charge in [0, 0.05) is 5.56 Å². The molecular weight excluding hydrogens is 252 g/mol. The second kappa shape index (κ2) is 4.40. The van der Waals surface area contributed by atoms with Crippen molar-refractivity contribution in [2.75, 3.05) is 0 Å². The van der Waals surface area contributed by atoms with Crippen LogP contribution in [0.15, 0.2) is 36.4 Å². The van der Waals surface area contributed by atoms with Crippen molar-refractivity contribution >= 4 is 34.8 Å². The van der Waals surface area contributed by atoms with Crippen LogP contribution in [-0.2, 0) is 0 Å². The van der Waals surface area contributed by atoms with Crippen LogP contribution >= 0.6 is 34.8 Å². The smallest absolute Gasteiger partial charge is 0.129 e. The monoisotopic (exact) mass is 257 g/mol. The highest BCUT2D eigenvalue weighted by Crippen LogP contribution is 2.33. The Labute approximate surface area is 103 Å². The van der Waals surface area contributed by atoms with Crippen LogP contribution in [-0.4, -0.2) is 4.98 Å². The topological polar surface area (TPSA) is 12.9 Å². The summed E-state index contributed by atoms with van der Waals surface area (Å²) in [6.07, 6.45) is 0. The molecule has 1 aromatic heterocycles. The van der Waals surface area contributed by atoms with E-state index in [9.17, 15) is 0 Å². The van der Waals surface area contributed by atoms with Crippen molar-refractivity contribution in [3.8, 4) is 11.3 Å². The molecule has 1 nitrogen and oxygen atoms in total. The van der Waals surface area contributed by atoms with Crippen LogP contribution in [0.25, 0.3) is 11.3 Å². The van der Waals surface area contributed by atoms with Crippen molar-refractivity contribution in [2.24, 2.45) is 0 Å². The zero-order valence-corrected chi connectivity index (χ0v) is 9.81. The fraction of sp³-hybridized carbons (Fsp3) is 0. The molecule has 0 aliphatic heterocycles. The first-order chi connectivity index (χ1) is 7.18. The number of aromatic nitrogens is 1. The normalized spacial score (nSPS) is 10.3. The number of rotatable bonds is 1. The average Bonchev–Trinajstić information content (AvgIpc) is 2.17. The lowest BCUT2D eigenvalue weighted by atomic mass is 10.1. The van der Waals surface area contributed by atoms with E-state index in [1.807, 2.05) is 12.1 Å². The SMILES string of the molecule is Clc1cccc(-c2c(Cl)cccc2Cl)n1. The number of halogens is 3. The fourth-order valence-corrected chi connectivity index (χ4v) is 2.04. The molecule has 0 amide bonds. The van der Waals surface area contributed by atoms with Gasteiger partial charge >= 0.3 is 0 Å². The lowest BCUT2D eigenvalue weighted by Crippen LogP contribution is -1.85. The van der Waals surface area contributed by atoms with Gasteiger partial charge in [-0.05, 0) is 24.3 Å². The van der Waals surface area contributed by atoms with Gasteiger partial charge < -0.3 is 0 Å². The highest BCUT2D eigenvalue weighted by molar-refractivity contribution is 6.39. The maximum absolute atomic E-state index is 6.05. The predicted molar refractivity (Wildman–Crippen MR) is 64.7 cm³/mol. The summed E-state index contributed by atoms with van der Waals surface area (Å²) in [6.45, 7) is 0. The molecule has 4 heteroatoms. The summed E-state index contributed by atoms with van der Waals surface area (Å²) < 4.78 is 0. The van der Waals surface area contributed by atoms with E-state index in [-0.39, 0.29) is 0 Å². The average molecular weight is 259 g/mol. The molecule has 15 heavy (non-hydrogen) atoms. The van der Waals surface area contributed by atoms with Crippen LogP contribution in [0.1, 0.15) is 0 Å². The maximum atomic E-state index is 6.05. The zero-order chi connectivity index (χ0) is 10.8. The van der Waals surface area contributed by atoms with E-state index in [1.165, 1.54) is 0 Å². The molecule has 0 saturated carbocycles. The first-order valence-corrected chi connectivity index (χ1v) is 5.39. The van der Waals surface area contributed by atoms with E-state index in [0.717, 1.165) is 0 Å². The van der Waals surface area contributed by atoms with E-state index in [0.29, 0.717) is 26.5 Å². The van der Waals surface area contributed by atoms with Gasteiger partial charge in [-0.1, -0.05) is 46.9 Å². The predicted octanol–water partition coefficient (Wildman–Crippen LogP) is 4.71. The summed E-state index contributed by atoms with van der Waals surface area (Å²) in [5, 5.41) is 1.55. The van der Waals surface area contributed by atoms with Crippen molar-refractivity contribution in [1.29, 1.82) is 0 Å². The van der Waals surface area contributed by atoms with Gasteiger partial charge in [0.25, 0.3) is 0 Å². The summed E-state index contributed by atoms with van der Waals surface area (Å²) in [6, 6.07) is 10.7. The van der Waals surface area contributed by atoms with Crippen molar-refractivity contribution in [3.63, 3.8) is 0 Å². The van der Waals surface area contributed by atoms with Crippen LogP contribution in [0.2, 0.25) is 15.2 Å². The zero-order valence-electron chi connectivity index (χ0n) is 7.55. The van der Waals surface area contributed by atoms with Gasteiger partial charge in [0.2, 0.25) is 0 Å². The Kier molecular flexibility index (Phi) is 3.15. The van der Waals surface area contributed by atoms with Gasteiger partial charge in [-0.3, -0.25) is 0 Å². The van der Waals surface area contributed by atoms with Crippen molar-refractivity contribution in [1.82, 2.24) is 4.98 Å². The molecule has 76 valence electrons. The largest absolute Gasteiger partial charge is 0.236 e. The third-order valence-corrected chi connectivity index (χ3v) is 2.77. The summed E-state index contributed by atoms with van der Waals surface area (Å²) in [4.78, 5) is 4.16. The Morgan fingerprint density at radius 3 is 2.00 bits per heavy atom. The number of nitrogens with zero attached hydrogens (tertiary/aromatic N) is 1. The molecule has 1 aromatic carbocycles. The molecular formula is C11H6Cl3N. The second-order valence-electron chi connectivity index (χ2n) is 2.94. The Morgan fingerprint density at radius 2 is 1.40 bits per heavy atom. The first kappa shape index (κ1) is 10.7. The van der Waals surface area contributed by atoms with Gasteiger partial charge in [0.05, 0.1) is 15.7 Å². The van der Waals surface area contributed by atoms with Crippen LogP contribution in [0, 0.1) is 0 Å². The lowest BCUT2D eigenvalue weighted by molar-refractivity contribution is 1.33. The summed E-state index contributed by atoms with van der Waals surface area (Å²) in [5.41, 5.74) is 1.39. The Morgan fingerprint density at radius 1 is 0.800 bits per heavy atom. The summed E-state index contributed by atoms with van der Waals surface area (Å²) >= 11 is 17.9. The Hall–Kier alpha value is -0.760. The number of benzene rings is 1. The van der Waals surface area contributed by atoms with E-state index in [1.54, 1.807) is 24.3 Å². The highest BCUT2D eigenvalue weighted by Gasteiger charge is 2.09. The van der Waals surface area contributed by atoms with Crippen LogP contribution in [0.3, 0.4) is 0 Å². The first-order valence-electron chi connectivity index (χ1n) is 4.25. The highest BCUT2D eigenvalue weighted by atomic mass is 35.5. The molecule has 0 bridgehead atoms. The number of hydrogen-bond acceptors (Lipinski definition) is 1. The molecule has 0 N–H and O–H groups in total. The third kappa shape index (κ3) is 2.25. The molecule has 0 aliphatic carbocycles. The van der Waals surface area contributed by atoms with Crippen LogP contribution in [0.5, 0.6) is 0 Å². The second-order valence-corrected chi connectivity index (χ2v) is 4.14. The summed E-state index contributed by atoms with van der Waals surface area (Å²) in [7, 11) is 0. The molecule has 0 aliphatic rings. The third-order valence-electron chi connectivity index (χ3n) is 1.93. The van der Waals surface area contributed by atoms with Gasteiger partial charge in [-0.15, -0.1) is 0 Å². The van der Waals surface area contributed by atoms with E-state index >= 15 is 0 Å². The van der Waals surface area contributed by atoms with E-state index in [2.05, 4.69) is 4.98 Å². The van der Waals surface area contributed by atoms with Gasteiger partial charge in [-0.25, -0.2) is 4.98 Å². The van der Waals surface area contributed by atoms with E-state index < -0.39 is 0 Å². The van der Waals surface area contributed by atoms with Gasteiger partial charge in [-0.2, -0.15) is 0 Å². The molecule has 0 atom stereocenters. The number of pyridine rings is 1. The minimum absolute atomic E-state index is 0.420. The van der Waals surface area contributed by atoms with Crippen molar-refractivity contribution in [3.05, 3.63) is 51.6 Å². The molecule has 2 rings (SSSR count). The molecule has 0 saturated heterocycles. The molecule has 2 aromatic rings. The van der Waals surface area contributed by atoms with Crippen molar-refractivity contribution in [2.45, 2.75) is 0 Å². The number of hydrogen-bond donors (Lipinski definition) is 0. The fourth-order valence-electron chi connectivity index (χ4n) is 1.29. The minimum Gasteiger partial charge on any atom is -0.236 e. The standard InChI is InChI=1S/C11H6Cl3N/c12-7-3-1-4-8(13)11(7)9-5-2-6-10(14)15-9/h1-6H. The van der Waals surface area contributed by atoms with Crippen LogP contribution < -0.4 is 0 Å². The Bertz CT molecular complexity index is 477. The van der Waals surface area contributed by atoms with Gasteiger partial charge in [0.1, 0.15) is 5.15 Å². The summed E-state index contributed by atoms with van der Waals surface area (Å²) in [5.74, 6) is 0. The lowest BCUT2D eigenvalue weighted by Gasteiger charge is -2.05. The van der Waals surface area contributed by atoms with Gasteiger partial charge in [0.15, 0.2) is 0 Å². The molecule has 1 heterocycles. The molecule has 0 unspecified atom stereocenters. The Balaban J connectivity index is 2.63. The van der Waals surface area contributed by atoms with Crippen LogP contribution in [0.4, 0.5) is 0 Å².